The van der Waals surface area contributed by atoms with Gasteiger partial charge < -0.3 is 20.5 Å². The van der Waals surface area contributed by atoms with Crippen LogP contribution in [0.5, 0.6) is 5.75 Å². The van der Waals surface area contributed by atoms with E-state index in [2.05, 4.69) is 20.4 Å². The lowest BCUT2D eigenvalue weighted by Gasteiger charge is -2.36. The van der Waals surface area contributed by atoms with Crippen LogP contribution in [0.4, 0.5) is 22.4 Å². The average molecular weight is 540 g/mol. The molecule has 1 aromatic heterocycles. The fourth-order valence-corrected chi connectivity index (χ4v) is 3.88. The number of carbonyl (C=O) groups excluding carboxylic acids is 1. The monoisotopic (exact) mass is 539 g/mol. The maximum absolute atomic E-state index is 13.7. The molecule has 0 fully saturated rings. The van der Waals surface area contributed by atoms with E-state index in [0.29, 0.717) is 17.1 Å². The maximum atomic E-state index is 13.7. The van der Waals surface area contributed by atoms with Gasteiger partial charge in [-0.2, -0.15) is 17.6 Å². The lowest BCUT2D eigenvalue weighted by Crippen LogP contribution is -2.54. The summed E-state index contributed by atoms with van der Waals surface area (Å²) in [6, 6.07) is 16.0. The van der Waals surface area contributed by atoms with Gasteiger partial charge in [0.05, 0.1) is 23.4 Å². The first-order chi connectivity index (χ1) is 17.6. The number of aromatic nitrogens is 1. The minimum atomic E-state index is -4.72. The summed E-state index contributed by atoms with van der Waals surface area (Å²) in [5, 5.41) is 15.4. The van der Waals surface area contributed by atoms with Gasteiger partial charge in [0.25, 0.3) is 0 Å². The van der Waals surface area contributed by atoms with Crippen LogP contribution in [0.25, 0.3) is 0 Å². The van der Waals surface area contributed by atoms with Crippen LogP contribution in [0.1, 0.15) is 30.2 Å². The second kappa shape index (κ2) is 12.2. The van der Waals surface area contributed by atoms with Gasteiger partial charge in [-0.25, -0.2) is 4.79 Å². The zero-order valence-corrected chi connectivity index (χ0v) is 20.6. The first-order valence-corrected chi connectivity index (χ1v) is 11.8. The minimum Gasteiger partial charge on any atom is -0.428 e. The van der Waals surface area contributed by atoms with E-state index in [-0.39, 0.29) is 18.6 Å². The number of hydrogen-bond acceptors (Lipinski definition) is 4. The molecule has 0 radical (unpaired) electrons. The van der Waals surface area contributed by atoms with Crippen LogP contribution in [-0.4, -0.2) is 41.3 Å². The third kappa shape index (κ3) is 7.11. The maximum Gasteiger partial charge on any atom is 0.461 e. The molecule has 198 valence electrons. The molecule has 2 aromatic carbocycles. The van der Waals surface area contributed by atoms with Gasteiger partial charge in [-0.3, -0.25) is 4.98 Å². The SMILES string of the molecule is CC[C@H](CO)NC(=O)N[C@@](Cc1ccccc1)(c1cccc(OC(F)(F)C(F)F)c1)c1ccc(Cl)cn1. The Labute approximate surface area is 216 Å². The van der Waals surface area contributed by atoms with Crippen LogP contribution in [0.15, 0.2) is 72.9 Å². The topological polar surface area (TPSA) is 83.5 Å². The van der Waals surface area contributed by atoms with E-state index in [9.17, 15) is 27.5 Å². The Balaban J connectivity index is 2.18. The number of hydrogen-bond donors (Lipinski definition) is 3. The van der Waals surface area contributed by atoms with Crippen LogP contribution < -0.4 is 15.4 Å². The highest BCUT2D eigenvalue weighted by atomic mass is 35.5. The summed E-state index contributed by atoms with van der Waals surface area (Å²) in [5.41, 5.74) is -0.201. The molecule has 0 unspecified atom stereocenters. The molecule has 3 N–H and O–H groups in total. The molecule has 0 spiro atoms. The number of rotatable bonds is 11. The molecule has 3 rings (SSSR count). The molecule has 2 atom stereocenters. The average Bonchev–Trinajstić information content (AvgIpc) is 2.87. The second-order valence-electron chi connectivity index (χ2n) is 8.31. The van der Waals surface area contributed by atoms with Gasteiger partial charge in [-0.05, 0) is 41.8 Å². The van der Waals surface area contributed by atoms with Crippen molar-refractivity contribution in [2.45, 2.75) is 43.9 Å². The number of halogens is 5. The summed E-state index contributed by atoms with van der Waals surface area (Å²) in [4.78, 5) is 17.6. The lowest BCUT2D eigenvalue weighted by molar-refractivity contribution is -0.253. The fourth-order valence-electron chi connectivity index (χ4n) is 3.77. The zero-order valence-electron chi connectivity index (χ0n) is 19.8. The number of carbonyl (C=O) groups is 1. The summed E-state index contributed by atoms with van der Waals surface area (Å²) in [6.45, 7) is 1.48. The predicted molar refractivity (Wildman–Crippen MR) is 131 cm³/mol. The number of nitrogens with zero attached hydrogens (tertiary/aromatic N) is 1. The summed E-state index contributed by atoms with van der Waals surface area (Å²) in [5.74, 6) is -0.529. The van der Waals surface area contributed by atoms with E-state index in [1.165, 1.54) is 18.3 Å². The number of amides is 2. The molecule has 0 aliphatic carbocycles. The van der Waals surface area contributed by atoms with Gasteiger partial charge in [0.2, 0.25) is 0 Å². The molecule has 0 bridgehead atoms. The van der Waals surface area contributed by atoms with Crippen molar-refractivity contribution in [1.82, 2.24) is 15.6 Å². The van der Waals surface area contributed by atoms with Crippen molar-refractivity contribution in [3.63, 3.8) is 0 Å². The molecule has 3 aromatic rings. The Morgan fingerprint density at radius 2 is 1.84 bits per heavy atom. The van der Waals surface area contributed by atoms with Crippen molar-refractivity contribution in [1.29, 1.82) is 0 Å². The van der Waals surface area contributed by atoms with Gasteiger partial charge in [0.15, 0.2) is 0 Å². The molecule has 11 heteroatoms. The molecule has 2 amide bonds. The molecular weight excluding hydrogens is 514 g/mol. The number of pyridine rings is 1. The number of benzene rings is 2. The quantitative estimate of drug-likeness (QED) is 0.280. The number of nitrogens with one attached hydrogen (secondary N) is 2. The lowest BCUT2D eigenvalue weighted by atomic mass is 9.80. The zero-order chi connectivity index (χ0) is 27.1. The summed E-state index contributed by atoms with van der Waals surface area (Å²) >= 11 is 6.04. The highest BCUT2D eigenvalue weighted by Gasteiger charge is 2.44. The molecule has 0 aliphatic heterocycles. The summed E-state index contributed by atoms with van der Waals surface area (Å²) in [7, 11) is 0. The second-order valence-corrected chi connectivity index (χ2v) is 8.74. The van der Waals surface area contributed by atoms with E-state index in [0.717, 1.165) is 17.7 Å². The van der Waals surface area contributed by atoms with Crippen molar-refractivity contribution in [3.05, 3.63) is 94.8 Å². The Morgan fingerprint density at radius 3 is 2.43 bits per heavy atom. The van der Waals surface area contributed by atoms with Crippen molar-refractivity contribution in [3.8, 4) is 5.75 Å². The fraction of sp³-hybridized carbons (Fsp3) is 0.308. The van der Waals surface area contributed by atoms with Crippen molar-refractivity contribution in [2.75, 3.05) is 6.61 Å². The normalized spacial score (nSPS) is 14.1. The van der Waals surface area contributed by atoms with Gasteiger partial charge in [0, 0.05) is 12.6 Å². The van der Waals surface area contributed by atoms with Crippen LogP contribution in [-0.2, 0) is 12.0 Å². The Kier molecular flexibility index (Phi) is 9.34. The van der Waals surface area contributed by atoms with E-state index in [4.69, 9.17) is 11.6 Å². The van der Waals surface area contributed by atoms with Crippen LogP contribution in [0.2, 0.25) is 5.02 Å². The number of alkyl halides is 4. The highest BCUT2D eigenvalue weighted by molar-refractivity contribution is 6.30. The first-order valence-electron chi connectivity index (χ1n) is 11.4. The summed E-state index contributed by atoms with van der Waals surface area (Å²) in [6.07, 6.45) is -6.86. The van der Waals surface area contributed by atoms with Crippen molar-refractivity contribution in [2.24, 2.45) is 0 Å². The first kappa shape index (κ1) is 28.2. The Bertz CT molecular complexity index is 1170. The standard InChI is InChI=1S/C26H26ClF4N3O3/c1-2-20(16-35)33-24(36)34-25(14-17-7-4-3-5-8-17,22-12-11-19(27)15-32-22)18-9-6-10-21(13-18)37-26(30,31)23(28)29/h3-13,15,20,23,35H,2,14,16H2,1H3,(H2,33,34,36)/t20-,25+/m1/s1. The molecule has 0 saturated heterocycles. The van der Waals surface area contributed by atoms with E-state index >= 15 is 0 Å². The molecule has 1 heterocycles. The predicted octanol–water partition coefficient (Wildman–Crippen LogP) is 5.53. The van der Waals surface area contributed by atoms with Gasteiger partial charge >= 0.3 is 18.6 Å². The molecule has 6 nitrogen and oxygen atoms in total. The number of aliphatic hydroxyl groups is 1. The van der Waals surface area contributed by atoms with Gasteiger partial charge in [0.1, 0.15) is 11.3 Å². The van der Waals surface area contributed by atoms with Gasteiger partial charge in [-0.1, -0.05) is 61.0 Å². The number of aliphatic hydroxyl groups excluding tert-OH is 1. The van der Waals surface area contributed by atoms with Crippen LogP contribution >= 0.6 is 11.6 Å². The number of ether oxygens (including phenoxy) is 1. The van der Waals surface area contributed by atoms with E-state index in [1.54, 1.807) is 49.4 Å². The molecule has 0 saturated carbocycles. The van der Waals surface area contributed by atoms with Crippen LogP contribution in [0, 0.1) is 0 Å². The van der Waals surface area contributed by atoms with Gasteiger partial charge in [-0.15, -0.1) is 0 Å². The van der Waals surface area contributed by atoms with E-state index < -0.39 is 35.9 Å². The minimum absolute atomic E-state index is 0.0977. The third-order valence-corrected chi connectivity index (χ3v) is 5.91. The third-order valence-electron chi connectivity index (χ3n) is 5.69. The largest absolute Gasteiger partial charge is 0.461 e. The van der Waals surface area contributed by atoms with Crippen molar-refractivity contribution >= 4 is 17.6 Å². The highest BCUT2D eigenvalue weighted by Crippen LogP contribution is 2.36. The molecular formula is C26H26ClF4N3O3. The number of urea groups is 1. The smallest absolute Gasteiger partial charge is 0.428 e. The Morgan fingerprint density at radius 1 is 1.11 bits per heavy atom. The molecule has 0 aliphatic rings. The van der Waals surface area contributed by atoms with E-state index in [1.807, 2.05) is 0 Å². The van der Waals surface area contributed by atoms with Crippen LogP contribution in [0.3, 0.4) is 0 Å². The van der Waals surface area contributed by atoms with Crippen molar-refractivity contribution < 1.29 is 32.2 Å². The summed E-state index contributed by atoms with van der Waals surface area (Å²) < 4.78 is 57.3. The molecule has 37 heavy (non-hydrogen) atoms. The Hall–Kier alpha value is -3.37.